The van der Waals surface area contributed by atoms with Gasteiger partial charge in [0.05, 0.1) is 0 Å². The maximum atomic E-state index is 12.1. The van der Waals surface area contributed by atoms with E-state index in [0.717, 1.165) is 16.5 Å². The second-order valence-electron chi connectivity index (χ2n) is 4.92. The van der Waals surface area contributed by atoms with Gasteiger partial charge >= 0.3 is 5.97 Å². The summed E-state index contributed by atoms with van der Waals surface area (Å²) in [5.41, 5.74) is 2.33. The lowest BCUT2D eigenvalue weighted by atomic mass is 10.1. The molecule has 0 spiro atoms. The molecule has 0 atom stereocenters. The molecule has 0 saturated heterocycles. The van der Waals surface area contributed by atoms with Crippen molar-refractivity contribution in [3.8, 4) is 0 Å². The van der Waals surface area contributed by atoms with Crippen molar-refractivity contribution in [2.75, 3.05) is 0 Å². The second kappa shape index (κ2) is 5.73. The van der Waals surface area contributed by atoms with Crippen molar-refractivity contribution >= 4 is 22.8 Å². The SMILES string of the molecule is O=C(NCc1cccc2[nH]c(C(=O)O)cc12)c1ccccc1. The van der Waals surface area contributed by atoms with Gasteiger partial charge in [0.2, 0.25) is 0 Å². The minimum Gasteiger partial charge on any atom is -0.477 e. The number of carboxylic acids is 1. The van der Waals surface area contributed by atoms with Crippen molar-refractivity contribution in [2.45, 2.75) is 6.54 Å². The van der Waals surface area contributed by atoms with Crippen LogP contribution in [0, 0.1) is 0 Å². The van der Waals surface area contributed by atoms with Gasteiger partial charge in [-0.1, -0.05) is 30.3 Å². The average molecular weight is 294 g/mol. The molecule has 0 aliphatic heterocycles. The first kappa shape index (κ1) is 13.9. The molecule has 110 valence electrons. The summed E-state index contributed by atoms with van der Waals surface area (Å²) in [6, 6.07) is 16.0. The van der Waals surface area contributed by atoms with Crippen LogP contribution in [-0.4, -0.2) is 22.0 Å². The van der Waals surface area contributed by atoms with Crippen LogP contribution in [0.2, 0.25) is 0 Å². The molecule has 0 radical (unpaired) electrons. The lowest BCUT2D eigenvalue weighted by molar-refractivity contribution is 0.0691. The van der Waals surface area contributed by atoms with Crippen LogP contribution in [0.25, 0.3) is 10.9 Å². The number of amides is 1. The van der Waals surface area contributed by atoms with Crippen LogP contribution in [0.15, 0.2) is 54.6 Å². The van der Waals surface area contributed by atoms with Crippen LogP contribution in [0.4, 0.5) is 0 Å². The summed E-state index contributed by atoms with van der Waals surface area (Å²) in [5, 5.41) is 12.7. The summed E-state index contributed by atoms with van der Waals surface area (Å²) >= 11 is 0. The van der Waals surface area contributed by atoms with Crippen LogP contribution in [0.5, 0.6) is 0 Å². The Morgan fingerprint density at radius 2 is 1.82 bits per heavy atom. The molecule has 2 aromatic carbocycles. The molecule has 1 aromatic heterocycles. The van der Waals surface area contributed by atoms with E-state index < -0.39 is 5.97 Å². The zero-order valence-electron chi connectivity index (χ0n) is 11.7. The van der Waals surface area contributed by atoms with E-state index in [0.29, 0.717) is 12.1 Å². The molecule has 0 saturated carbocycles. The van der Waals surface area contributed by atoms with Crippen molar-refractivity contribution in [1.29, 1.82) is 0 Å². The van der Waals surface area contributed by atoms with Gasteiger partial charge in [-0.3, -0.25) is 4.79 Å². The van der Waals surface area contributed by atoms with Gasteiger partial charge in [-0.2, -0.15) is 0 Å². The lowest BCUT2D eigenvalue weighted by Crippen LogP contribution is -2.22. The summed E-state index contributed by atoms with van der Waals surface area (Å²) in [5.74, 6) is -1.16. The Labute approximate surface area is 126 Å². The number of rotatable bonds is 4. The van der Waals surface area contributed by atoms with E-state index in [-0.39, 0.29) is 11.6 Å². The van der Waals surface area contributed by atoms with E-state index in [4.69, 9.17) is 5.11 Å². The molecular weight excluding hydrogens is 280 g/mol. The van der Waals surface area contributed by atoms with Gasteiger partial charge < -0.3 is 15.4 Å². The summed E-state index contributed by atoms with van der Waals surface area (Å²) < 4.78 is 0. The van der Waals surface area contributed by atoms with Gasteiger partial charge in [0.15, 0.2) is 0 Å². The van der Waals surface area contributed by atoms with E-state index in [9.17, 15) is 9.59 Å². The Balaban J connectivity index is 1.82. The van der Waals surface area contributed by atoms with Crippen molar-refractivity contribution in [1.82, 2.24) is 10.3 Å². The maximum Gasteiger partial charge on any atom is 0.352 e. The molecule has 3 rings (SSSR count). The summed E-state index contributed by atoms with van der Waals surface area (Å²) in [6.45, 7) is 0.335. The lowest BCUT2D eigenvalue weighted by Gasteiger charge is -2.06. The van der Waals surface area contributed by atoms with Crippen LogP contribution in [-0.2, 0) is 6.54 Å². The first-order valence-electron chi connectivity index (χ1n) is 6.82. The number of nitrogens with one attached hydrogen (secondary N) is 2. The summed E-state index contributed by atoms with van der Waals surface area (Å²) in [7, 11) is 0. The van der Waals surface area contributed by atoms with E-state index >= 15 is 0 Å². The Hall–Kier alpha value is -3.08. The third-order valence-corrected chi connectivity index (χ3v) is 3.46. The van der Waals surface area contributed by atoms with Crippen LogP contribution in [0.1, 0.15) is 26.4 Å². The van der Waals surface area contributed by atoms with Crippen LogP contribution >= 0.6 is 0 Å². The molecular formula is C17H14N2O3. The first-order valence-corrected chi connectivity index (χ1v) is 6.82. The van der Waals surface area contributed by atoms with E-state index in [2.05, 4.69) is 10.3 Å². The molecule has 0 fully saturated rings. The van der Waals surface area contributed by atoms with E-state index in [1.54, 1.807) is 30.3 Å². The number of aromatic nitrogens is 1. The van der Waals surface area contributed by atoms with Gasteiger partial charge in [-0.05, 0) is 29.8 Å². The average Bonchev–Trinajstić information content (AvgIpc) is 2.98. The number of hydrogen-bond donors (Lipinski definition) is 3. The minimum absolute atomic E-state index is 0.136. The van der Waals surface area contributed by atoms with Crippen molar-refractivity contribution in [3.63, 3.8) is 0 Å². The monoisotopic (exact) mass is 294 g/mol. The number of carbonyl (C=O) groups is 2. The highest BCUT2D eigenvalue weighted by Gasteiger charge is 2.11. The fourth-order valence-electron chi connectivity index (χ4n) is 2.35. The molecule has 3 aromatic rings. The fraction of sp³-hybridized carbons (Fsp3) is 0.0588. The Morgan fingerprint density at radius 1 is 1.05 bits per heavy atom. The fourth-order valence-corrected chi connectivity index (χ4v) is 2.35. The third kappa shape index (κ3) is 2.69. The molecule has 1 amide bonds. The highest BCUT2D eigenvalue weighted by molar-refractivity contribution is 5.96. The number of carboxylic acid groups (broad SMARTS) is 1. The van der Waals surface area contributed by atoms with Gasteiger partial charge in [0.1, 0.15) is 5.69 Å². The van der Waals surface area contributed by atoms with Gasteiger partial charge in [0, 0.05) is 23.0 Å². The van der Waals surface area contributed by atoms with Crippen molar-refractivity contribution in [2.24, 2.45) is 0 Å². The highest BCUT2D eigenvalue weighted by Crippen LogP contribution is 2.20. The van der Waals surface area contributed by atoms with E-state index in [1.165, 1.54) is 0 Å². The number of aromatic carboxylic acids is 1. The molecule has 22 heavy (non-hydrogen) atoms. The van der Waals surface area contributed by atoms with Gasteiger partial charge in [-0.15, -0.1) is 0 Å². The topological polar surface area (TPSA) is 82.2 Å². The zero-order chi connectivity index (χ0) is 15.5. The molecule has 5 nitrogen and oxygen atoms in total. The maximum absolute atomic E-state index is 12.1. The molecule has 0 aliphatic carbocycles. The van der Waals surface area contributed by atoms with Crippen LogP contribution in [0.3, 0.4) is 0 Å². The number of fused-ring (bicyclic) bond motifs is 1. The van der Waals surface area contributed by atoms with Crippen molar-refractivity contribution in [3.05, 3.63) is 71.4 Å². The number of H-pyrrole nitrogens is 1. The summed E-state index contributed by atoms with van der Waals surface area (Å²) in [6.07, 6.45) is 0. The Kier molecular flexibility index (Phi) is 3.62. The molecule has 1 heterocycles. The van der Waals surface area contributed by atoms with Gasteiger partial charge in [0.25, 0.3) is 5.91 Å². The molecule has 3 N–H and O–H groups in total. The van der Waals surface area contributed by atoms with Gasteiger partial charge in [-0.25, -0.2) is 4.79 Å². The second-order valence-corrected chi connectivity index (χ2v) is 4.92. The zero-order valence-corrected chi connectivity index (χ0v) is 11.7. The predicted octanol–water partition coefficient (Wildman–Crippen LogP) is 2.80. The smallest absolute Gasteiger partial charge is 0.352 e. The number of carbonyl (C=O) groups excluding carboxylic acids is 1. The normalized spacial score (nSPS) is 10.5. The first-order chi connectivity index (χ1) is 10.6. The highest BCUT2D eigenvalue weighted by atomic mass is 16.4. The minimum atomic E-state index is -1.00. The molecule has 0 aliphatic rings. The number of benzene rings is 2. The van der Waals surface area contributed by atoms with Crippen molar-refractivity contribution < 1.29 is 14.7 Å². The Bertz CT molecular complexity index is 837. The Morgan fingerprint density at radius 3 is 2.55 bits per heavy atom. The predicted molar refractivity (Wildman–Crippen MR) is 82.9 cm³/mol. The third-order valence-electron chi connectivity index (χ3n) is 3.46. The number of hydrogen-bond acceptors (Lipinski definition) is 2. The summed E-state index contributed by atoms with van der Waals surface area (Å²) in [4.78, 5) is 25.9. The van der Waals surface area contributed by atoms with Crippen LogP contribution < -0.4 is 5.32 Å². The molecule has 0 unspecified atom stereocenters. The molecule has 0 bridgehead atoms. The standard InChI is InChI=1S/C17H14N2O3/c20-16(11-5-2-1-3-6-11)18-10-12-7-4-8-14-13(12)9-15(19-14)17(21)22/h1-9,19H,10H2,(H,18,20)(H,21,22). The quantitative estimate of drug-likeness (QED) is 0.692. The molecule has 5 heteroatoms. The largest absolute Gasteiger partial charge is 0.477 e. The van der Waals surface area contributed by atoms with E-state index in [1.807, 2.05) is 24.3 Å². The number of aromatic amines is 1.